The Morgan fingerprint density at radius 3 is 2.20 bits per heavy atom. The van der Waals surface area contributed by atoms with E-state index in [1.807, 2.05) is 6.92 Å². The molecule has 0 saturated heterocycles. The minimum Gasteiger partial charge on any atom is -0.386 e. The summed E-state index contributed by atoms with van der Waals surface area (Å²) in [7, 11) is 0. The molecule has 0 aromatic heterocycles. The number of hydrogen-bond donors (Lipinski definition) is 1. The molecule has 0 fully saturated rings. The second-order valence-corrected chi connectivity index (χ2v) is 3.40. The third-order valence-corrected chi connectivity index (χ3v) is 2.27. The Balaban J connectivity index is 4.25. The van der Waals surface area contributed by atoms with Gasteiger partial charge in [0.15, 0.2) is 0 Å². The van der Waals surface area contributed by atoms with Gasteiger partial charge in [0.05, 0.1) is 0 Å². The van der Waals surface area contributed by atoms with Crippen molar-refractivity contribution in [3.63, 3.8) is 0 Å². The molecule has 2 N–H and O–H groups in total. The molecule has 0 spiro atoms. The van der Waals surface area contributed by atoms with E-state index < -0.39 is 23.8 Å². The molecule has 0 aliphatic rings. The van der Waals surface area contributed by atoms with Crippen LogP contribution in [-0.4, -0.2) is 23.8 Å². The maximum atomic E-state index is 11.3. The van der Waals surface area contributed by atoms with Crippen LogP contribution in [-0.2, 0) is 19.1 Å². The molecule has 0 radical (unpaired) electrons. The Labute approximate surface area is 89.0 Å². The number of hydrogen-bond acceptors (Lipinski definition) is 5. The molecular weight excluding hydrogens is 198 g/mol. The van der Waals surface area contributed by atoms with Gasteiger partial charge in [0.1, 0.15) is 6.04 Å². The third-order valence-electron chi connectivity index (χ3n) is 2.27. The smallest absolute Gasteiger partial charge is 0.382 e. The topological polar surface area (TPSA) is 86.5 Å². The molecule has 0 saturated carbocycles. The van der Waals surface area contributed by atoms with Crippen molar-refractivity contribution < 1.29 is 19.1 Å². The highest BCUT2D eigenvalue weighted by atomic mass is 16.6. The second kappa shape index (κ2) is 6.29. The zero-order valence-corrected chi connectivity index (χ0v) is 9.28. The lowest BCUT2D eigenvalue weighted by Crippen LogP contribution is -2.40. The van der Waals surface area contributed by atoms with Crippen molar-refractivity contribution in [1.29, 1.82) is 0 Å². The van der Waals surface area contributed by atoms with Crippen LogP contribution in [0.1, 0.15) is 33.6 Å². The summed E-state index contributed by atoms with van der Waals surface area (Å²) in [4.78, 5) is 33.0. The van der Waals surface area contributed by atoms with Gasteiger partial charge in [0.2, 0.25) is 5.78 Å². The first-order chi connectivity index (χ1) is 6.93. The van der Waals surface area contributed by atoms with E-state index in [2.05, 4.69) is 4.74 Å². The van der Waals surface area contributed by atoms with Gasteiger partial charge in [0, 0.05) is 6.42 Å². The number of carbonyl (C=O) groups excluding carboxylic acids is 3. The predicted molar refractivity (Wildman–Crippen MR) is 53.8 cm³/mol. The van der Waals surface area contributed by atoms with Crippen LogP contribution in [0.3, 0.4) is 0 Å². The first-order valence-corrected chi connectivity index (χ1v) is 4.98. The van der Waals surface area contributed by atoms with E-state index in [0.717, 1.165) is 0 Å². The lowest BCUT2D eigenvalue weighted by atomic mass is 10.0. The van der Waals surface area contributed by atoms with Crippen molar-refractivity contribution in [3.8, 4) is 0 Å². The highest BCUT2D eigenvalue weighted by Gasteiger charge is 2.25. The van der Waals surface area contributed by atoms with Crippen LogP contribution in [0.25, 0.3) is 0 Å². The fourth-order valence-corrected chi connectivity index (χ4v) is 0.847. The summed E-state index contributed by atoms with van der Waals surface area (Å²) in [5.41, 5.74) is 5.52. The van der Waals surface area contributed by atoms with Crippen LogP contribution in [0.15, 0.2) is 0 Å². The van der Waals surface area contributed by atoms with E-state index in [1.165, 1.54) is 6.92 Å². The van der Waals surface area contributed by atoms with E-state index in [1.54, 1.807) is 6.92 Å². The fraction of sp³-hybridized carbons (Fsp3) is 0.700. The van der Waals surface area contributed by atoms with Crippen LogP contribution in [0.2, 0.25) is 0 Å². The monoisotopic (exact) mass is 215 g/mol. The van der Waals surface area contributed by atoms with Crippen molar-refractivity contribution in [1.82, 2.24) is 0 Å². The largest absolute Gasteiger partial charge is 0.386 e. The predicted octanol–water partition coefficient (Wildman–Crippen LogP) is 0.409. The molecule has 0 aromatic rings. The number of ether oxygens (including phenoxy) is 1. The summed E-state index contributed by atoms with van der Waals surface area (Å²) in [6, 6.07) is -0.858. The van der Waals surface area contributed by atoms with Gasteiger partial charge in [-0.1, -0.05) is 27.2 Å². The van der Waals surface area contributed by atoms with Crippen molar-refractivity contribution in [2.75, 3.05) is 0 Å². The zero-order chi connectivity index (χ0) is 12.0. The number of nitrogens with two attached hydrogens (primary N) is 1. The average Bonchev–Trinajstić information content (AvgIpc) is 2.25. The minimum absolute atomic E-state index is 0.0185. The van der Waals surface area contributed by atoms with Gasteiger partial charge in [-0.05, 0) is 5.92 Å². The molecule has 0 rings (SSSR count). The van der Waals surface area contributed by atoms with Gasteiger partial charge in [-0.3, -0.25) is 4.79 Å². The van der Waals surface area contributed by atoms with Gasteiger partial charge in [-0.2, -0.15) is 0 Å². The van der Waals surface area contributed by atoms with Crippen molar-refractivity contribution in [3.05, 3.63) is 0 Å². The van der Waals surface area contributed by atoms with Crippen molar-refractivity contribution >= 4 is 17.7 Å². The van der Waals surface area contributed by atoms with Crippen molar-refractivity contribution in [2.45, 2.75) is 39.7 Å². The van der Waals surface area contributed by atoms with Crippen LogP contribution >= 0.6 is 0 Å². The molecule has 0 amide bonds. The molecule has 0 heterocycles. The van der Waals surface area contributed by atoms with Crippen LogP contribution in [0.5, 0.6) is 0 Å². The second-order valence-electron chi connectivity index (χ2n) is 3.40. The maximum absolute atomic E-state index is 11.3. The molecule has 5 heteroatoms. The van der Waals surface area contributed by atoms with Gasteiger partial charge >= 0.3 is 11.9 Å². The normalized spacial score (nSPS) is 14.1. The maximum Gasteiger partial charge on any atom is 0.382 e. The molecular formula is C10H17NO4. The Hall–Kier alpha value is -1.23. The molecule has 0 aliphatic carbocycles. The first kappa shape index (κ1) is 13.8. The van der Waals surface area contributed by atoms with E-state index >= 15 is 0 Å². The molecule has 0 aliphatic heterocycles. The number of ketones is 1. The van der Waals surface area contributed by atoms with Crippen molar-refractivity contribution in [2.24, 2.45) is 11.7 Å². The Morgan fingerprint density at radius 1 is 1.27 bits per heavy atom. The summed E-state index contributed by atoms with van der Waals surface area (Å²) in [5.74, 6) is -2.76. The number of esters is 2. The summed E-state index contributed by atoms with van der Waals surface area (Å²) in [6.45, 7) is 5.16. The third kappa shape index (κ3) is 4.20. The Morgan fingerprint density at radius 2 is 1.80 bits per heavy atom. The molecule has 0 bridgehead atoms. The summed E-state index contributed by atoms with van der Waals surface area (Å²) >= 11 is 0. The summed E-state index contributed by atoms with van der Waals surface area (Å²) in [6.07, 6.45) is 0.719. The van der Waals surface area contributed by atoms with Gasteiger partial charge < -0.3 is 10.5 Å². The van der Waals surface area contributed by atoms with E-state index in [4.69, 9.17) is 5.73 Å². The quantitative estimate of drug-likeness (QED) is 0.407. The lowest BCUT2D eigenvalue weighted by Gasteiger charge is -2.15. The minimum atomic E-state index is -1.12. The SMILES string of the molecule is CCC(=O)C(=O)OC(=O)[C@@H](N)[C@@H](C)CC. The summed E-state index contributed by atoms with van der Waals surface area (Å²) in [5, 5.41) is 0. The van der Waals surface area contributed by atoms with E-state index in [-0.39, 0.29) is 12.3 Å². The van der Waals surface area contributed by atoms with Gasteiger partial charge in [0.25, 0.3) is 0 Å². The first-order valence-electron chi connectivity index (χ1n) is 4.98. The Bertz CT molecular complexity index is 262. The van der Waals surface area contributed by atoms with E-state index in [9.17, 15) is 14.4 Å². The number of carbonyl (C=O) groups is 3. The zero-order valence-electron chi connectivity index (χ0n) is 9.28. The van der Waals surface area contributed by atoms with E-state index in [0.29, 0.717) is 6.42 Å². The van der Waals surface area contributed by atoms with Gasteiger partial charge in [-0.25, -0.2) is 9.59 Å². The molecule has 0 aromatic carbocycles. The standard InChI is InChI=1S/C10H17NO4/c1-4-6(3)8(11)10(14)15-9(13)7(12)5-2/h6,8H,4-5,11H2,1-3H3/t6-,8-/m0/s1. The number of Topliss-reactive ketones (excluding diaryl/α,β-unsaturated/α-hetero) is 1. The molecule has 0 unspecified atom stereocenters. The number of rotatable bonds is 5. The summed E-state index contributed by atoms with van der Waals surface area (Å²) < 4.78 is 4.34. The highest BCUT2D eigenvalue weighted by Crippen LogP contribution is 2.06. The average molecular weight is 215 g/mol. The van der Waals surface area contributed by atoms with Crippen LogP contribution < -0.4 is 5.73 Å². The molecule has 15 heavy (non-hydrogen) atoms. The Kier molecular flexibility index (Phi) is 5.77. The van der Waals surface area contributed by atoms with Gasteiger partial charge in [-0.15, -0.1) is 0 Å². The molecule has 86 valence electrons. The molecule has 5 nitrogen and oxygen atoms in total. The fourth-order valence-electron chi connectivity index (χ4n) is 0.847. The van der Waals surface area contributed by atoms with Crippen LogP contribution in [0, 0.1) is 5.92 Å². The highest BCUT2D eigenvalue weighted by molar-refractivity contribution is 6.35. The lowest BCUT2D eigenvalue weighted by molar-refractivity contribution is -0.165. The van der Waals surface area contributed by atoms with Crippen LogP contribution in [0.4, 0.5) is 0 Å². The molecule has 2 atom stereocenters.